The van der Waals surface area contributed by atoms with E-state index in [4.69, 9.17) is 11.6 Å². The van der Waals surface area contributed by atoms with Gasteiger partial charge in [-0.25, -0.2) is 4.98 Å². The largest absolute Gasteiger partial charge is 0.234 e. The van der Waals surface area contributed by atoms with E-state index in [1.807, 2.05) is 0 Å². The Kier molecular flexibility index (Phi) is 4.67. The fraction of sp³-hybridized carbons (Fsp3) is 0.778. The van der Waals surface area contributed by atoms with Gasteiger partial charge in [0, 0.05) is 5.92 Å². The first-order chi connectivity index (χ1) is 6.27. The highest BCUT2D eigenvalue weighted by atomic mass is 35.5. The first-order valence-corrected chi connectivity index (χ1v) is 5.92. The number of hydrogen-bond donors (Lipinski definition) is 0. The van der Waals surface area contributed by atoms with Crippen molar-refractivity contribution in [3.05, 3.63) is 10.3 Å². The maximum atomic E-state index is 5.68. The van der Waals surface area contributed by atoms with Crippen molar-refractivity contribution in [1.29, 1.82) is 0 Å². The highest BCUT2D eigenvalue weighted by Gasteiger charge is 2.13. The van der Waals surface area contributed by atoms with Gasteiger partial charge in [-0.1, -0.05) is 26.7 Å². The second kappa shape index (κ2) is 5.55. The molecule has 0 aliphatic carbocycles. The van der Waals surface area contributed by atoms with Crippen LogP contribution in [0.5, 0.6) is 0 Å². The lowest BCUT2D eigenvalue weighted by molar-refractivity contribution is 0.567. The summed E-state index contributed by atoms with van der Waals surface area (Å²) in [5.74, 6) is 0.560. The van der Waals surface area contributed by atoms with Crippen molar-refractivity contribution in [2.75, 3.05) is 0 Å². The molecule has 0 bridgehead atoms. The molecule has 4 heteroatoms. The number of hydrogen-bond acceptors (Lipinski definition) is 3. The summed E-state index contributed by atoms with van der Waals surface area (Å²) in [6.45, 7) is 4.40. The highest BCUT2D eigenvalue weighted by molar-refractivity contribution is 7.05. The zero-order chi connectivity index (χ0) is 9.68. The molecular weight excluding hydrogens is 204 g/mol. The van der Waals surface area contributed by atoms with Crippen molar-refractivity contribution in [1.82, 2.24) is 9.36 Å². The zero-order valence-electron chi connectivity index (χ0n) is 8.09. The van der Waals surface area contributed by atoms with Crippen molar-refractivity contribution in [2.45, 2.75) is 45.4 Å². The number of nitrogens with zero attached hydrogens (tertiary/aromatic N) is 2. The van der Waals surface area contributed by atoms with E-state index in [-0.39, 0.29) is 0 Å². The molecule has 13 heavy (non-hydrogen) atoms. The van der Waals surface area contributed by atoms with E-state index in [1.54, 1.807) is 0 Å². The molecule has 0 saturated heterocycles. The summed E-state index contributed by atoms with van der Waals surface area (Å²) in [5, 5.41) is 1.50. The van der Waals surface area contributed by atoms with Gasteiger partial charge in [0.15, 0.2) is 0 Å². The van der Waals surface area contributed by atoms with Crippen LogP contribution < -0.4 is 0 Å². The van der Waals surface area contributed by atoms with Gasteiger partial charge in [-0.3, -0.25) is 0 Å². The number of halogens is 1. The van der Waals surface area contributed by atoms with E-state index in [1.165, 1.54) is 30.8 Å². The maximum absolute atomic E-state index is 5.68. The molecule has 0 radical (unpaired) electrons. The predicted molar refractivity (Wildman–Crippen MR) is 57.5 cm³/mol. The summed E-state index contributed by atoms with van der Waals surface area (Å²) in [6, 6.07) is 0. The summed E-state index contributed by atoms with van der Waals surface area (Å²) in [5.41, 5.74) is 0. The monoisotopic (exact) mass is 218 g/mol. The third-order valence-electron chi connectivity index (χ3n) is 2.17. The van der Waals surface area contributed by atoms with Crippen LogP contribution in [0.25, 0.3) is 0 Å². The quantitative estimate of drug-likeness (QED) is 0.750. The van der Waals surface area contributed by atoms with Crippen molar-refractivity contribution in [2.24, 2.45) is 0 Å². The van der Waals surface area contributed by atoms with E-state index in [0.717, 1.165) is 11.4 Å². The van der Waals surface area contributed by atoms with Crippen LogP contribution in [0.2, 0.25) is 5.28 Å². The fourth-order valence-electron chi connectivity index (χ4n) is 1.33. The summed E-state index contributed by atoms with van der Waals surface area (Å²) in [7, 11) is 0. The van der Waals surface area contributed by atoms with Gasteiger partial charge in [-0.2, -0.15) is 4.37 Å². The van der Waals surface area contributed by atoms with Gasteiger partial charge in [-0.05, 0) is 36.0 Å². The third-order valence-corrected chi connectivity index (χ3v) is 3.31. The van der Waals surface area contributed by atoms with E-state index >= 15 is 0 Å². The van der Waals surface area contributed by atoms with E-state index in [2.05, 4.69) is 23.2 Å². The molecule has 1 heterocycles. The van der Waals surface area contributed by atoms with E-state index < -0.39 is 0 Å². The Balaban J connectivity index is 2.56. The Bertz CT molecular complexity index is 250. The van der Waals surface area contributed by atoms with Gasteiger partial charge < -0.3 is 0 Å². The molecule has 1 aromatic heterocycles. The second-order valence-corrected chi connectivity index (χ2v) is 4.27. The lowest BCUT2D eigenvalue weighted by atomic mass is 10.0. The number of aromatic nitrogens is 2. The molecule has 0 aliphatic heterocycles. The normalized spacial score (nSPS) is 13.2. The highest BCUT2D eigenvalue weighted by Crippen LogP contribution is 2.27. The lowest BCUT2D eigenvalue weighted by Gasteiger charge is -2.09. The van der Waals surface area contributed by atoms with Crippen molar-refractivity contribution < 1.29 is 0 Å². The smallest absolute Gasteiger partial charge is 0.209 e. The predicted octanol–water partition coefficient (Wildman–Crippen LogP) is 3.88. The third kappa shape index (κ3) is 3.24. The zero-order valence-corrected chi connectivity index (χ0v) is 9.66. The number of unbranched alkanes of at least 4 members (excludes halogenated alkanes) is 1. The van der Waals surface area contributed by atoms with Crippen LogP contribution in [0.3, 0.4) is 0 Å². The van der Waals surface area contributed by atoms with Crippen LogP contribution in [0.15, 0.2) is 0 Å². The summed E-state index contributed by atoms with van der Waals surface area (Å²) >= 11 is 7.12. The minimum Gasteiger partial charge on any atom is -0.209 e. The minimum atomic E-state index is 0.398. The maximum Gasteiger partial charge on any atom is 0.234 e. The van der Waals surface area contributed by atoms with Crippen LogP contribution in [0, 0.1) is 0 Å². The molecule has 1 aromatic rings. The molecule has 0 aromatic carbocycles. The molecule has 0 spiro atoms. The second-order valence-electron chi connectivity index (χ2n) is 3.15. The fourth-order valence-corrected chi connectivity index (χ4v) is 2.35. The van der Waals surface area contributed by atoms with Crippen LogP contribution >= 0.6 is 23.1 Å². The standard InChI is InChI=1S/C9H15ClN2S/c1-3-5-6-7(4-2)8-11-9(10)12-13-8/h7H,3-6H2,1-2H3. The molecule has 1 atom stereocenters. The van der Waals surface area contributed by atoms with Crippen LogP contribution in [-0.2, 0) is 0 Å². The summed E-state index contributed by atoms with van der Waals surface area (Å²) in [4.78, 5) is 4.21. The van der Waals surface area contributed by atoms with Crippen LogP contribution in [-0.4, -0.2) is 9.36 Å². The Hall–Kier alpha value is -0.150. The molecule has 0 fully saturated rings. The van der Waals surface area contributed by atoms with Gasteiger partial charge in [0.1, 0.15) is 5.01 Å². The van der Waals surface area contributed by atoms with Gasteiger partial charge in [0.05, 0.1) is 0 Å². The first kappa shape index (κ1) is 10.9. The molecule has 0 saturated carbocycles. The van der Waals surface area contributed by atoms with E-state index in [9.17, 15) is 0 Å². The molecule has 0 N–H and O–H groups in total. The Morgan fingerprint density at radius 2 is 2.23 bits per heavy atom. The average molecular weight is 219 g/mol. The number of rotatable bonds is 5. The Labute approximate surface area is 88.5 Å². The van der Waals surface area contributed by atoms with Gasteiger partial charge in [0.2, 0.25) is 5.28 Å². The van der Waals surface area contributed by atoms with Crippen molar-refractivity contribution in [3.8, 4) is 0 Å². The van der Waals surface area contributed by atoms with Crippen molar-refractivity contribution >= 4 is 23.1 Å². The SMILES string of the molecule is CCCCC(CC)c1nc(Cl)ns1. The van der Waals surface area contributed by atoms with Gasteiger partial charge in [0.25, 0.3) is 0 Å². The molecule has 2 nitrogen and oxygen atoms in total. The van der Waals surface area contributed by atoms with Gasteiger partial charge in [-0.15, -0.1) is 0 Å². The molecule has 0 amide bonds. The Morgan fingerprint density at radius 1 is 1.46 bits per heavy atom. The Morgan fingerprint density at radius 3 is 2.69 bits per heavy atom. The first-order valence-electron chi connectivity index (χ1n) is 4.77. The molecule has 1 unspecified atom stereocenters. The van der Waals surface area contributed by atoms with Crippen molar-refractivity contribution in [3.63, 3.8) is 0 Å². The summed E-state index contributed by atoms with van der Waals surface area (Å²) < 4.78 is 3.99. The minimum absolute atomic E-state index is 0.398. The lowest BCUT2D eigenvalue weighted by Crippen LogP contribution is -1.96. The topological polar surface area (TPSA) is 25.8 Å². The van der Waals surface area contributed by atoms with E-state index in [0.29, 0.717) is 11.2 Å². The average Bonchev–Trinajstić information content (AvgIpc) is 2.54. The van der Waals surface area contributed by atoms with Gasteiger partial charge >= 0.3 is 0 Å². The summed E-state index contributed by atoms with van der Waals surface area (Å²) in [6.07, 6.45) is 4.84. The molecular formula is C9H15ClN2S. The van der Waals surface area contributed by atoms with Crippen LogP contribution in [0.4, 0.5) is 0 Å². The molecule has 0 aliphatic rings. The molecule has 74 valence electrons. The molecule has 1 rings (SSSR count). The van der Waals surface area contributed by atoms with Crippen LogP contribution in [0.1, 0.15) is 50.5 Å².